The molecule has 0 fully saturated rings. The minimum atomic E-state index is -0.0922. The molecule has 0 aliphatic heterocycles. The van der Waals surface area contributed by atoms with Crippen molar-refractivity contribution < 1.29 is 4.74 Å². The lowest BCUT2D eigenvalue weighted by Gasteiger charge is -2.09. The van der Waals surface area contributed by atoms with E-state index in [1.54, 1.807) is 20.2 Å². The number of fused-ring (bicyclic) bond motifs is 1. The average molecular weight is 330 g/mol. The number of nitrogens with zero attached hydrogens (tertiary/aromatic N) is 3. The van der Waals surface area contributed by atoms with E-state index in [0.29, 0.717) is 33.1 Å². The Labute approximate surface area is 117 Å². The Balaban J connectivity index is 2.86. The molecule has 7 heteroatoms. The summed E-state index contributed by atoms with van der Waals surface area (Å²) in [7, 11) is 1.58. The van der Waals surface area contributed by atoms with Crippen LogP contribution in [0.15, 0.2) is 20.6 Å². The Kier molecular flexibility index (Phi) is 4.04. The van der Waals surface area contributed by atoms with Gasteiger partial charge in [-0.05, 0) is 29.1 Å². The lowest BCUT2D eigenvalue weighted by molar-refractivity contribution is 0.181. The summed E-state index contributed by atoms with van der Waals surface area (Å²) in [4.78, 5) is 21.0. The van der Waals surface area contributed by atoms with E-state index in [1.165, 1.54) is 16.2 Å². The minimum absolute atomic E-state index is 0.0922. The normalized spacial score (nSPS) is 11.1. The first-order valence-electron chi connectivity index (χ1n) is 5.19. The van der Waals surface area contributed by atoms with E-state index in [0.717, 1.165) is 0 Å². The molecule has 0 saturated heterocycles. The molecule has 0 aromatic carbocycles. The molecule has 0 unspecified atom stereocenters. The van der Waals surface area contributed by atoms with E-state index in [2.05, 4.69) is 25.9 Å². The van der Waals surface area contributed by atoms with Crippen molar-refractivity contribution in [2.75, 3.05) is 13.4 Å². The number of methoxy groups -OCH3 is 1. The Hall–Kier alpha value is -0.920. The number of halogens is 1. The molecule has 0 atom stereocenters. The molecule has 2 aromatic heterocycles. The van der Waals surface area contributed by atoms with Crippen molar-refractivity contribution in [1.29, 1.82) is 0 Å². The van der Waals surface area contributed by atoms with Crippen LogP contribution < -0.4 is 5.56 Å². The van der Waals surface area contributed by atoms with Crippen LogP contribution in [-0.2, 0) is 11.3 Å². The van der Waals surface area contributed by atoms with Crippen molar-refractivity contribution in [3.63, 3.8) is 0 Å². The quantitative estimate of drug-likeness (QED) is 0.806. The molecule has 0 N–H and O–H groups in total. The van der Waals surface area contributed by atoms with E-state index in [1.807, 2.05) is 6.26 Å². The Morgan fingerprint density at radius 2 is 2.22 bits per heavy atom. The molecule has 0 spiro atoms. The van der Waals surface area contributed by atoms with Crippen LogP contribution in [0.25, 0.3) is 5.65 Å². The lowest BCUT2D eigenvalue weighted by Crippen LogP contribution is -2.21. The second-order valence-electron chi connectivity index (χ2n) is 3.69. The van der Waals surface area contributed by atoms with Gasteiger partial charge in [-0.1, -0.05) is 0 Å². The summed E-state index contributed by atoms with van der Waals surface area (Å²) in [6, 6.07) is 0. The van der Waals surface area contributed by atoms with Crippen LogP contribution in [0.5, 0.6) is 0 Å². The molecule has 5 nitrogen and oxygen atoms in total. The second kappa shape index (κ2) is 5.38. The highest BCUT2D eigenvalue weighted by Crippen LogP contribution is 2.20. The van der Waals surface area contributed by atoms with Gasteiger partial charge in [-0.2, -0.15) is 0 Å². The molecule has 0 aliphatic carbocycles. The Morgan fingerprint density at radius 3 is 2.83 bits per heavy atom. The molecule has 0 radical (unpaired) electrons. The molecule has 0 amide bonds. The minimum Gasteiger partial charge on any atom is -0.378 e. The average Bonchev–Trinajstić information content (AvgIpc) is 2.36. The third-order valence-corrected chi connectivity index (χ3v) is 3.59. The summed E-state index contributed by atoms with van der Waals surface area (Å²) in [6.45, 7) is 2.07. The van der Waals surface area contributed by atoms with E-state index in [4.69, 9.17) is 4.74 Å². The monoisotopic (exact) mass is 329 g/mol. The van der Waals surface area contributed by atoms with Gasteiger partial charge in [0.2, 0.25) is 0 Å². The zero-order chi connectivity index (χ0) is 13.3. The molecular weight excluding hydrogens is 318 g/mol. The van der Waals surface area contributed by atoms with Crippen molar-refractivity contribution in [3.05, 3.63) is 32.4 Å². The Bertz CT molecular complexity index is 657. The highest BCUT2D eigenvalue weighted by Gasteiger charge is 2.13. The van der Waals surface area contributed by atoms with E-state index >= 15 is 0 Å². The van der Waals surface area contributed by atoms with Gasteiger partial charge in [0.15, 0.2) is 5.65 Å². The van der Waals surface area contributed by atoms with Crippen molar-refractivity contribution in [1.82, 2.24) is 14.4 Å². The van der Waals surface area contributed by atoms with Gasteiger partial charge in [0, 0.05) is 18.9 Å². The number of ether oxygens (including phenoxy) is 1. The van der Waals surface area contributed by atoms with Crippen LogP contribution in [0.3, 0.4) is 0 Å². The van der Waals surface area contributed by atoms with Gasteiger partial charge in [-0.25, -0.2) is 9.97 Å². The fraction of sp³-hybridized carbons (Fsp3) is 0.364. The largest absolute Gasteiger partial charge is 0.378 e. The second-order valence-corrected chi connectivity index (χ2v) is 5.30. The summed E-state index contributed by atoms with van der Waals surface area (Å²) in [5.74, 6) is 0. The number of rotatable bonds is 3. The molecule has 2 heterocycles. The van der Waals surface area contributed by atoms with Gasteiger partial charge < -0.3 is 4.74 Å². The van der Waals surface area contributed by atoms with Crippen LogP contribution in [0.2, 0.25) is 0 Å². The summed E-state index contributed by atoms with van der Waals surface area (Å²) < 4.78 is 7.19. The molecule has 0 bridgehead atoms. The number of hydrogen-bond donors (Lipinski definition) is 0. The molecule has 96 valence electrons. The fourth-order valence-electron chi connectivity index (χ4n) is 1.63. The SMILES string of the molecule is COCc1nc2c(SC)nc(Br)cn2c(=O)c1C. The first-order chi connectivity index (χ1) is 8.58. The maximum Gasteiger partial charge on any atom is 0.261 e. The van der Waals surface area contributed by atoms with Crippen LogP contribution in [-0.4, -0.2) is 27.7 Å². The van der Waals surface area contributed by atoms with Crippen molar-refractivity contribution in [2.24, 2.45) is 0 Å². The molecule has 2 aromatic rings. The van der Waals surface area contributed by atoms with Gasteiger partial charge in [0.1, 0.15) is 9.63 Å². The standard InChI is InChI=1S/C11H12BrN3O2S/c1-6-7(5-17-2)13-9-10(18-3)14-8(12)4-15(9)11(6)16/h4H,5H2,1-3H3. The number of hydrogen-bond acceptors (Lipinski definition) is 5. The van der Waals surface area contributed by atoms with Crippen molar-refractivity contribution in [3.8, 4) is 0 Å². The van der Waals surface area contributed by atoms with Gasteiger partial charge in [0.25, 0.3) is 5.56 Å². The topological polar surface area (TPSA) is 56.5 Å². The van der Waals surface area contributed by atoms with Crippen molar-refractivity contribution in [2.45, 2.75) is 18.6 Å². The van der Waals surface area contributed by atoms with Crippen LogP contribution >= 0.6 is 27.7 Å². The summed E-state index contributed by atoms with van der Waals surface area (Å²) >= 11 is 4.75. The number of aromatic nitrogens is 3. The van der Waals surface area contributed by atoms with Crippen LogP contribution in [0.1, 0.15) is 11.3 Å². The third kappa shape index (κ3) is 2.30. The summed E-state index contributed by atoms with van der Waals surface area (Å²) in [6.07, 6.45) is 3.53. The Morgan fingerprint density at radius 1 is 1.50 bits per heavy atom. The van der Waals surface area contributed by atoms with Crippen LogP contribution in [0.4, 0.5) is 0 Å². The zero-order valence-corrected chi connectivity index (χ0v) is 12.6. The van der Waals surface area contributed by atoms with Gasteiger partial charge >= 0.3 is 0 Å². The first-order valence-corrected chi connectivity index (χ1v) is 7.21. The predicted molar refractivity (Wildman–Crippen MR) is 74.2 cm³/mol. The van der Waals surface area contributed by atoms with Crippen LogP contribution in [0, 0.1) is 6.92 Å². The van der Waals surface area contributed by atoms with E-state index in [-0.39, 0.29) is 5.56 Å². The summed E-state index contributed by atoms with van der Waals surface area (Å²) in [5, 5.41) is 0.707. The summed E-state index contributed by atoms with van der Waals surface area (Å²) in [5.41, 5.74) is 1.72. The molecule has 2 rings (SSSR count). The maximum atomic E-state index is 12.3. The molecule has 0 saturated carbocycles. The van der Waals surface area contributed by atoms with Crippen molar-refractivity contribution >= 4 is 33.3 Å². The molecule has 18 heavy (non-hydrogen) atoms. The van der Waals surface area contributed by atoms with Gasteiger partial charge in [-0.15, -0.1) is 11.8 Å². The lowest BCUT2D eigenvalue weighted by atomic mass is 10.2. The number of thioether (sulfide) groups is 1. The van der Waals surface area contributed by atoms with E-state index in [9.17, 15) is 4.79 Å². The third-order valence-electron chi connectivity index (χ3n) is 2.55. The maximum absolute atomic E-state index is 12.3. The van der Waals surface area contributed by atoms with Gasteiger partial charge in [0.05, 0.1) is 12.3 Å². The smallest absolute Gasteiger partial charge is 0.261 e. The highest BCUT2D eigenvalue weighted by molar-refractivity contribution is 9.10. The predicted octanol–water partition coefficient (Wildman–Crippen LogP) is 2.03. The molecule has 0 aliphatic rings. The molecular formula is C11H12BrN3O2S. The van der Waals surface area contributed by atoms with E-state index < -0.39 is 0 Å². The fourth-order valence-corrected chi connectivity index (χ4v) is 2.65. The highest BCUT2D eigenvalue weighted by atomic mass is 79.9. The zero-order valence-electron chi connectivity index (χ0n) is 10.2. The van der Waals surface area contributed by atoms with Gasteiger partial charge in [-0.3, -0.25) is 9.20 Å². The first kappa shape index (κ1) is 13.5.